The summed E-state index contributed by atoms with van der Waals surface area (Å²) < 4.78 is 11.5. The molecule has 0 unspecified atom stereocenters. The van der Waals surface area contributed by atoms with Gasteiger partial charge in [-0.1, -0.05) is 13.0 Å². The van der Waals surface area contributed by atoms with Crippen molar-refractivity contribution < 1.29 is 14.3 Å². The zero-order valence-electron chi connectivity index (χ0n) is 11.4. The van der Waals surface area contributed by atoms with Gasteiger partial charge in [-0.3, -0.25) is 0 Å². The fourth-order valence-electron chi connectivity index (χ4n) is 1.63. The molecule has 7 heteroatoms. The van der Waals surface area contributed by atoms with Crippen LogP contribution in [0.2, 0.25) is 0 Å². The van der Waals surface area contributed by atoms with Gasteiger partial charge in [-0.25, -0.2) is 14.5 Å². The highest BCUT2D eigenvalue weighted by Gasteiger charge is 2.14. The van der Waals surface area contributed by atoms with Crippen LogP contribution in [0, 0.1) is 0 Å². The van der Waals surface area contributed by atoms with Gasteiger partial charge in [-0.05, 0) is 18.6 Å². The summed E-state index contributed by atoms with van der Waals surface area (Å²) in [5, 5.41) is 4.03. The minimum absolute atomic E-state index is 0.0215. The predicted octanol–water partition coefficient (Wildman–Crippen LogP) is 1.42. The average Bonchev–Trinajstić information content (AvgIpc) is 2.95. The molecule has 20 heavy (non-hydrogen) atoms. The molecule has 2 N–H and O–H groups in total. The topological polar surface area (TPSA) is 92.3 Å². The van der Waals surface area contributed by atoms with Crippen LogP contribution in [0.4, 0.5) is 5.69 Å². The maximum absolute atomic E-state index is 11.3. The quantitative estimate of drug-likeness (QED) is 0.656. The molecule has 0 fully saturated rings. The summed E-state index contributed by atoms with van der Waals surface area (Å²) >= 11 is 0. The number of para-hydroxylation sites is 1. The molecule has 0 aliphatic heterocycles. The zero-order valence-corrected chi connectivity index (χ0v) is 11.4. The first-order valence-electron chi connectivity index (χ1n) is 6.19. The third-order valence-corrected chi connectivity index (χ3v) is 2.61. The van der Waals surface area contributed by atoms with Crippen LogP contribution in [-0.2, 0) is 4.74 Å². The van der Waals surface area contributed by atoms with Crippen LogP contribution in [0.25, 0.3) is 5.69 Å². The molecule has 2 rings (SSSR count). The van der Waals surface area contributed by atoms with Gasteiger partial charge in [0.15, 0.2) is 0 Å². The summed E-state index contributed by atoms with van der Waals surface area (Å²) in [7, 11) is 1.27. The molecule has 1 heterocycles. The number of esters is 1. The van der Waals surface area contributed by atoms with E-state index >= 15 is 0 Å². The molecule has 7 nitrogen and oxygen atoms in total. The maximum atomic E-state index is 11.3. The monoisotopic (exact) mass is 276 g/mol. The van der Waals surface area contributed by atoms with Crippen molar-refractivity contribution in [2.24, 2.45) is 0 Å². The fourth-order valence-corrected chi connectivity index (χ4v) is 1.63. The minimum atomic E-state index is -0.597. The standard InChI is InChI=1S/C13H16N4O3/c1-3-7-20-10-6-4-5-9(11(10)14)17-8-15-12(16-17)13(18)19-2/h4-6,8H,3,7,14H2,1-2H3. The maximum Gasteiger partial charge on any atom is 0.377 e. The first kappa shape index (κ1) is 13.9. The number of carbonyl (C=O) groups excluding carboxylic acids is 1. The SMILES string of the molecule is CCCOc1cccc(-n2cnc(C(=O)OC)n2)c1N. The Hall–Kier alpha value is -2.57. The lowest BCUT2D eigenvalue weighted by Gasteiger charge is -2.11. The number of carbonyl (C=O) groups is 1. The Kier molecular flexibility index (Phi) is 4.19. The van der Waals surface area contributed by atoms with E-state index in [0.717, 1.165) is 6.42 Å². The van der Waals surface area contributed by atoms with Crippen molar-refractivity contribution in [2.45, 2.75) is 13.3 Å². The number of benzene rings is 1. The highest BCUT2D eigenvalue weighted by Crippen LogP contribution is 2.27. The molecule has 1 aromatic heterocycles. The molecule has 2 aromatic rings. The third-order valence-electron chi connectivity index (χ3n) is 2.61. The summed E-state index contributed by atoms with van der Waals surface area (Å²) in [5.41, 5.74) is 7.09. The summed E-state index contributed by atoms with van der Waals surface area (Å²) in [4.78, 5) is 15.2. The van der Waals surface area contributed by atoms with E-state index in [1.165, 1.54) is 18.1 Å². The van der Waals surface area contributed by atoms with Crippen LogP contribution < -0.4 is 10.5 Å². The molecule has 0 aliphatic carbocycles. The molecule has 0 saturated heterocycles. The summed E-state index contributed by atoms with van der Waals surface area (Å²) in [6.45, 7) is 2.60. The van der Waals surface area contributed by atoms with E-state index in [2.05, 4.69) is 14.8 Å². The highest BCUT2D eigenvalue weighted by atomic mass is 16.5. The Bertz CT molecular complexity index is 609. The first-order chi connectivity index (χ1) is 9.67. The molecule has 0 spiro atoms. The number of nitrogens with zero attached hydrogens (tertiary/aromatic N) is 3. The predicted molar refractivity (Wildman–Crippen MR) is 72.9 cm³/mol. The molecule has 0 atom stereocenters. The second kappa shape index (κ2) is 6.05. The summed E-state index contributed by atoms with van der Waals surface area (Å²) in [6.07, 6.45) is 2.29. The third kappa shape index (κ3) is 2.71. The second-order valence-corrected chi connectivity index (χ2v) is 4.04. The van der Waals surface area contributed by atoms with Crippen molar-refractivity contribution in [2.75, 3.05) is 19.5 Å². The highest BCUT2D eigenvalue weighted by molar-refractivity contribution is 5.84. The lowest BCUT2D eigenvalue weighted by Crippen LogP contribution is -2.07. The fraction of sp³-hybridized carbons (Fsp3) is 0.308. The lowest BCUT2D eigenvalue weighted by molar-refractivity contribution is 0.0587. The molecule has 0 aliphatic rings. The van der Waals surface area contributed by atoms with E-state index in [1.807, 2.05) is 6.92 Å². The van der Waals surface area contributed by atoms with Gasteiger partial charge in [-0.15, -0.1) is 5.10 Å². The average molecular weight is 276 g/mol. The van der Waals surface area contributed by atoms with E-state index in [0.29, 0.717) is 23.7 Å². The Morgan fingerprint density at radius 3 is 2.95 bits per heavy atom. The van der Waals surface area contributed by atoms with Crippen LogP contribution in [-0.4, -0.2) is 34.5 Å². The van der Waals surface area contributed by atoms with Crippen LogP contribution >= 0.6 is 0 Å². The molecular formula is C13H16N4O3. The molecule has 106 valence electrons. The number of methoxy groups -OCH3 is 1. The number of aromatic nitrogens is 3. The van der Waals surface area contributed by atoms with Crippen LogP contribution in [0.3, 0.4) is 0 Å². The van der Waals surface area contributed by atoms with E-state index in [4.69, 9.17) is 10.5 Å². The summed E-state index contributed by atoms with van der Waals surface area (Å²) in [6, 6.07) is 5.35. The van der Waals surface area contributed by atoms with Crippen LogP contribution in [0.1, 0.15) is 24.0 Å². The Labute approximate surface area is 116 Å². The Balaban J connectivity index is 2.33. The number of nitrogens with two attached hydrogens (primary N) is 1. The van der Waals surface area contributed by atoms with E-state index in [-0.39, 0.29) is 5.82 Å². The molecule has 0 bridgehead atoms. The molecule has 0 saturated carbocycles. The van der Waals surface area contributed by atoms with Gasteiger partial charge in [0.1, 0.15) is 17.8 Å². The number of ether oxygens (including phenoxy) is 2. The zero-order chi connectivity index (χ0) is 14.5. The van der Waals surface area contributed by atoms with Gasteiger partial charge >= 0.3 is 5.97 Å². The van der Waals surface area contributed by atoms with Crippen molar-refractivity contribution in [3.05, 3.63) is 30.4 Å². The van der Waals surface area contributed by atoms with E-state index < -0.39 is 5.97 Å². The van der Waals surface area contributed by atoms with Crippen LogP contribution in [0.15, 0.2) is 24.5 Å². The van der Waals surface area contributed by atoms with Gasteiger partial charge in [0, 0.05) is 0 Å². The van der Waals surface area contributed by atoms with Crippen molar-refractivity contribution in [1.29, 1.82) is 0 Å². The van der Waals surface area contributed by atoms with Crippen molar-refractivity contribution >= 4 is 11.7 Å². The van der Waals surface area contributed by atoms with Crippen molar-refractivity contribution in [3.63, 3.8) is 0 Å². The number of hydrogen-bond acceptors (Lipinski definition) is 6. The molecule has 0 amide bonds. The first-order valence-corrected chi connectivity index (χ1v) is 6.19. The molecule has 1 aromatic carbocycles. The number of nitrogen functional groups attached to an aromatic ring is 1. The normalized spacial score (nSPS) is 10.3. The van der Waals surface area contributed by atoms with Gasteiger partial charge in [0.25, 0.3) is 5.82 Å². The van der Waals surface area contributed by atoms with Crippen LogP contribution in [0.5, 0.6) is 5.75 Å². The minimum Gasteiger partial charge on any atom is -0.491 e. The van der Waals surface area contributed by atoms with Gasteiger partial charge in [0.05, 0.1) is 19.4 Å². The van der Waals surface area contributed by atoms with Crippen molar-refractivity contribution in [3.8, 4) is 11.4 Å². The Morgan fingerprint density at radius 1 is 1.45 bits per heavy atom. The smallest absolute Gasteiger partial charge is 0.377 e. The lowest BCUT2D eigenvalue weighted by atomic mass is 10.2. The van der Waals surface area contributed by atoms with Gasteiger partial charge < -0.3 is 15.2 Å². The van der Waals surface area contributed by atoms with E-state index in [9.17, 15) is 4.79 Å². The number of rotatable bonds is 5. The largest absolute Gasteiger partial charge is 0.491 e. The van der Waals surface area contributed by atoms with E-state index in [1.54, 1.807) is 18.2 Å². The molecule has 0 radical (unpaired) electrons. The van der Waals surface area contributed by atoms with Gasteiger partial charge in [-0.2, -0.15) is 0 Å². The number of anilines is 1. The Morgan fingerprint density at radius 2 is 2.25 bits per heavy atom. The number of hydrogen-bond donors (Lipinski definition) is 1. The second-order valence-electron chi connectivity index (χ2n) is 4.04. The van der Waals surface area contributed by atoms with Gasteiger partial charge in [0.2, 0.25) is 0 Å². The summed E-state index contributed by atoms with van der Waals surface area (Å²) in [5.74, 6) is -0.0352. The molecular weight excluding hydrogens is 260 g/mol. The van der Waals surface area contributed by atoms with Crippen molar-refractivity contribution in [1.82, 2.24) is 14.8 Å².